The molecule has 0 saturated carbocycles. The van der Waals surface area contributed by atoms with Gasteiger partial charge in [0.2, 0.25) is 17.7 Å². The monoisotopic (exact) mass is 405 g/mol. The minimum Gasteiger partial charge on any atom is -0.368 e. The Balaban J connectivity index is 1.55. The van der Waals surface area contributed by atoms with Crippen LogP contribution in [-0.2, 0) is 13.0 Å². The average molecular weight is 405 g/mol. The topological polar surface area (TPSA) is 120 Å². The number of para-hydroxylation sites is 1. The van der Waals surface area contributed by atoms with Crippen molar-refractivity contribution in [2.45, 2.75) is 26.8 Å². The van der Waals surface area contributed by atoms with Gasteiger partial charge < -0.3 is 11.1 Å². The summed E-state index contributed by atoms with van der Waals surface area (Å²) in [7, 11) is 0. The number of nitrogens with zero attached hydrogens (tertiary/aromatic N) is 7. The molecule has 2 heterocycles. The first kappa shape index (κ1) is 19.4. The number of benzene rings is 2. The molecule has 10 heteroatoms. The van der Waals surface area contributed by atoms with Gasteiger partial charge in [0, 0.05) is 11.3 Å². The first-order valence-electron chi connectivity index (χ1n) is 9.41. The smallest absolute Gasteiger partial charge is 0.232 e. The number of nitrogens with one attached hydrogen (secondary N) is 1. The fraction of sp³-hybridized carbons (Fsp3) is 0.200. The van der Waals surface area contributed by atoms with Crippen LogP contribution in [0.2, 0.25) is 0 Å². The van der Waals surface area contributed by atoms with Gasteiger partial charge in [-0.3, -0.25) is 0 Å². The minimum absolute atomic E-state index is 0.0889. The van der Waals surface area contributed by atoms with Gasteiger partial charge in [0.05, 0.1) is 0 Å². The van der Waals surface area contributed by atoms with Gasteiger partial charge in [-0.25, -0.2) is 4.39 Å². The van der Waals surface area contributed by atoms with Crippen molar-refractivity contribution in [1.29, 1.82) is 0 Å². The third-order valence-corrected chi connectivity index (χ3v) is 4.50. The Kier molecular flexibility index (Phi) is 5.29. The van der Waals surface area contributed by atoms with Crippen molar-refractivity contribution in [2.24, 2.45) is 0 Å². The van der Waals surface area contributed by atoms with Gasteiger partial charge in [-0.05, 0) is 54.0 Å². The van der Waals surface area contributed by atoms with Crippen LogP contribution in [0.3, 0.4) is 0 Å². The van der Waals surface area contributed by atoms with Crippen LogP contribution in [0.5, 0.6) is 0 Å². The van der Waals surface area contributed by atoms with Gasteiger partial charge in [0.1, 0.15) is 12.4 Å². The Hall–Kier alpha value is -3.95. The van der Waals surface area contributed by atoms with Crippen molar-refractivity contribution >= 4 is 17.6 Å². The highest BCUT2D eigenvalue weighted by Crippen LogP contribution is 2.20. The fourth-order valence-electron chi connectivity index (χ4n) is 2.97. The van der Waals surface area contributed by atoms with Crippen LogP contribution in [0.4, 0.5) is 22.0 Å². The summed E-state index contributed by atoms with van der Waals surface area (Å²) in [5.41, 5.74) is 9.09. The Labute approximate surface area is 172 Å². The lowest BCUT2D eigenvalue weighted by Crippen LogP contribution is -2.12. The molecular formula is C20H20FN9. The largest absolute Gasteiger partial charge is 0.368 e. The summed E-state index contributed by atoms with van der Waals surface area (Å²) in [6.45, 7) is 3.91. The van der Waals surface area contributed by atoms with E-state index in [2.05, 4.69) is 42.6 Å². The highest BCUT2D eigenvalue weighted by Gasteiger charge is 2.12. The molecule has 2 aromatic carbocycles. The van der Waals surface area contributed by atoms with E-state index >= 15 is 0 Å². The zero-order chi connectivity index (χ0) is 21.1. The molecular weight excluding hydrogens is 385 g/mol. The number of aromatic nitrogens is 7. The lowest BCUT2D eigenvalue weighted by molar-refractivity contribution is 0.554. The Bertz CT molecular complexity index is 1190. The third-order valence-electron chi connectivity index (χ3n) is 4.50. The molecule has 2 aromatic heterocycles. The van der Waals surface area contributed by atoms with E-state index in [0.29, 0.717) is 28.7 Å². The van der Waals surface area contributed by atoms with Crippen molar-refractivity contribution in [3.8, 4) is 11.4 Å². The van der Waals surface area contributed by atoms with Crippen molar-refractivity contribution in [2.75, 3.05) is 11.1 Å². The third kappa shape index (κ3) is 4.22. The summed E-state index contributed by atoms with van der Waals surface area (Å²) in [4.78, 5) is 14.1. The zero-order valence-corrected chi connectivity index (χ0v) is 16.5. The summed E-state index contributed by atoms with van der Waals surface area (Å²) >= 11 is 0. The lowest BCUT2D eigenvalue weighted by atomic mass is 10.1. The van der Waals surface area contributed by atoms with Crippen LogP contribution in [0.15, 0.2) is 42.5 Å². The van der Waals surface area contributed by atoms with Crippen LogP contribution in [0, 0.1) is 12.7 Å². The SMILES string of the molecule is CCc1ccccc1Nc1nc(N)nc(Cn2nnc(-c3ccc(F)c(C)c3)n2)n1. The molecule has 0 aliphatic heterocycles. The van der Waals surface area contributed by atoms with E-state index in [1.54, 1.807) is 19.1 Å². The predicted molar refractivity (Wildman–Crippen MR) is 110 cm³/mol. The summed E-state index contributed by atoms with van der Waals surface area (Å²) in [5, 5.41) is 15.6. The summed E-state index contributed by atoms with van der Waals surface area (Å²) in [6.07, 6.45) is 0.866. The predicted octanol–water partition coefficient (Wildman–Crippen LogP) is 2.91. The highest BCUT2D eigenvalue weighted by molar-refractivity contribution is 5.59. The van der Waals surface area contributed by atoms with Gasteiger partial charge in [0.25, 0.3) is 0 Å². The number of halogens is 1. The molecule has 0 bridgehead atoms. The first-order chi connectivity index (χ1) is 14.5. The van der Waals surface area contributed by atoms with E-state index in [0.717, 1.165) is 17.7 Å². The van der Waals surface area contributed by atoms with Crippen molar-refractivity contribution in [3.63, 3.8) is 0 Å². The zero-order valence-electron chi connectivity index (χ0n) is 16.5. The highest BCUT2D eigenvalue weighted by atomic mass is 19.1. The fourth-order valence-corrected chi connectivity index (χ4v) is 2.97. The quantitative estimate of drug-likeness (QED) is 0.502. The molecule has 0 fully saturated rings. The van der Waals surface area contributed by atoms with E-state index in [1.807, 2.05) is 24.3 Å². The molecule has 0 spiro atoms. The molecule has 0 unspecified atom stereocenters. The van der Waals surface area contributed by atoms with Crippen molar-refractivity contribution < 1.29 is 4.39 Å². The number of tetrazole rings is 1. The molecule has 0 saturated heterocycles. The van der Waals surface area contributed by atoms with E-state index in [9.17, 15) is 4.39 Å². The molecule has 4 rings (SSSR count). The van der Waals surface area contributed by atoms with Crippen molar-refractivity contribution in [3.05, 3.63) is 65.2 Å². The van der Waals surface area contributed by atoms with E-state index in [4.69, 9.17) is 5.73 Å². The molecule has 4 aromatic rings. The van der Waals surface area contributed by atoms with Crippen LogP contribution < -0.4 is 11.1 Å². The minimum atomic E-state index is -0.281. The molecule has 3 N–H and O–H groups in total. The first-order valence-corrected chi connectivity index (χ1v) is 9.41. The maximum absolute atomic E-state index is 13.5. The van der Waals surface area contributed by atoms with E-state index < -0.39 is 0 Å². The van der Waals surface area contributed by atoms with Crippen LogP contribution >= 0.6 is 0 Å². The number of hydrogen-bond donors (Lipinski definition) is 2. The molecule has 9 nitrogen and oxygen atoms in total. The van der Waals surface area contributed by atoms with Crippen molar-refractivity contribution in [1.82, 2.24) is 35.2 Å². The lowest BCUT2D eigenvalue weighted by Gasteiger charge is -2.10. The second kappa shape index (κ2) is 8.19. The van der Waals surface area contributed by atoms with E-state index in [-0.39, 0.29) is 18.3 Å². The normalized spacial score (nSPS) is 10.9. The van der Waals surface area contributed by atoms with Gasteiger partial charge >= 0.3 is 0 Å². The average Bonchev–Trinajstić information content (AvgIpc) is 3.18. The van der Waals surface area contributed by atoms with Crippen LogP contribution in [-0.4, -0.2) is 35.2 Å². The summed E-state index contributed by atoms with van der Waals surface area (Å²) in [6, 6.07) is 12.6. The number of nitrogen functional groups attached to an aromatic ring is 1. The standard InChI is InChI=1S/C20H20FN9/c1-3-13-6-4-5-7-16(13)23-20-25-17(24-19(22)26-20)11-30-28-18(27-29-30)14-8-9-15(21)12(2)10-14/h4-10H,3,11H2,1-2H3,(H3,22,23,24,25,26). The number of hydrogen-bond acceptors (Lipinski definition) is 8. The molecule has 0 atom stereocenters. The van der Waals surface area contributed by atoms with Gasteiger partial charge in [-0.15, -0.1) is 10.2 Å². The second-order valence-electron chi connectivity index (χ2n) is 6.68. The molecule has 0 aliphatic carbocycles. The Morgan fingerprint density at radius 3 is 2.73 bits per heavy atom. The van der Waals surface area contributed by atoms with Gasteiger partial charge in [0.15, 0.2) is 5.82 Å². The Morgan fingerprint density at radius 1 is 1.10 bits per heavy atom. The summed E-state index contributed by atoms with van der Waals surface area (Å²) < 4.78 is 13.5. The molecule has 0 amide bonds. The maximum atomic E-state index is 13.5. The second-order valence-corrected chi connectivity index (χ2v) is 6.68. The molecule has 30 heavy (non-hydrogen) atoms. The number of rotatable bonds is 6. The Morgan fingerprint density at radius 2 is 1.93 bits per heavy atom. The summed E-state index contributed by atoms with van der Waals surface area (Å²) in [5.74, 6) is 0.920. The molecule has 0 radical (unpaired) electrons. The number of nitrogens with two attached hydrogens (primary N) is 1. The molecule has 0 aliphatic rings. The maximum Gasteiger partial charge on any atom is 0.232 e. The van der Waals surface area contributed by atoms with Crippen LogP contribution in [0.25, 0.3) is 11.4 Å². The van der Waals surface area contributed by atoms with Crippen LogP contribution in [0.1, 0.15) is 23.9 Å². The van der Waals surface area contributed by atoms with Gasteiger partial charge in [-0.2, -0.15) is 19.7 Å². The van der Waals surface area contributed by atoms with Gasteiger partial charge in [-0.1, -0.05) is 25.1 Å². The van der Waals surface area contributed by atoms with E-state index in [1.165, 1.54) is 10.9 Å². The number of anilines is 3. The number of aryl methyl sites for hydroxylation is 2. The molecule has 152 valence electrons.